The number of para-hydroxylation sites is 1. The summed E-state index contributed by atoms with van der Waals surface area (Å²) in [4.78, 5) is 14.4. The highest BCUT2D eigenvalue weighted by atomic mass is 127. The second kappa shape index (κ2) is 5.13. The zero-order valence-corrected chi connectivity index (χ0v) is 10.8. The highest BCUT2D eigenvalue weighted by Crippen LogP contribution is 2.25. The summed E-state index contributed by atoms with van der Waals surface area (Å²) in [5.74, 6) is 0.183. The smallest absolute Gasteiger partial charge is 0.354 e. The molecule has 1 aromatic carbocycles. The van der Waals surface area contributed by atoms with Crippen LogP contribution in [-0.4, -0.2) is 16.1 Å². The number of carboxylic acid groups (broad SMARTS) is 1. The number of aromatic carboxylic acids is 1. The van der Waals surface area contributed by atoms with Gasteiger partial charge in [0.15, 0.2) is 0 Å². The Morgan fingerprint density at radius 2 is 2.00 bits per heavy atom. The largest absolute Gasteiger partial charge is 0.477 e. The molecular formula is C12H8INO3. The Balaban J connectivity index is 2.20. The standard InChI is InChI=1S/C12H8INO3/c13-9-3-1-2-4-11(9)17-8-5-6-10(12(15)16)14-7-8/h1-7H,(H,15,16). The third kappa shape index (κ3) is 2.94. The number of ether oxygens (including phenoxy) is 1. The number of pyridine rings is 1. The fourth-order valence-corrected chi connectivity index (χ4v) is 1.72. The predicted octanol–water partition coefficient (Wildman–Crippen LogP) is 3.18. The van der Waals surface area contributed by atoms with Crippen LogP contribution >= 0.6 is 22.6 Å². The van der Waals surface area contributed by atoms with E-state index in [9.17, 15) is 4.79 Å². The second-order valence-electron chi connectivity index (χ2n) is 3.22. The van der Waals surface area contributed by atoms with Crippen molar-refractivity contribution in [3.05, 3.63) is 51.9 Å². The van der Waals surface area contributed by atoms with E-state index in [1.54, 1.807) is 6.07 Å². The lowest BCUT2D eigenvalue weighted by atomic mass is 10.3. The Morgan fingerprint density at radius 1 is 1.24 bits per heavy atom. The number of nitrogens with zero attached hydrogens (tertiary/aromatic N) is 1. The quantitative estimate of drug-likeness (QED) is 0.872. The molecule has 0 bridgehead atoms. The molecule has 0 atom stereocenters. The third-order valence-electron chi connectivity index (χ3n) is 2.02. The number of hydrogen-bond donors (Lipinski definition) is 1. The third-order valence-corrected chi connectivity index (χ3v) is 2.91. The summed E-state index contributed by atoms with van der Waals surface area (Å²) < 4.78 is 6.56. The molecule has 1 N–H and O–H groups in total. The highest BCUT2D eigenvalue weighted by Gasteiger charge is 2.05. The minimum atomic E-state index is -1.05. The van der Waals surface area contributed by atoms with Crippen LogP contribution in [0.2, 0.25) is 0 Å². The molecule has 5 heteroatoms. The van der Waals surface area contributed by atoms with Crippen LogP contribution in [0.3, 0.4) is 0 Å². The van der Waals surface area contributed by atoms with Gasteiger partial charge in [0.25, 0.3) is 0 Å². The van der Waals surface area contributed by atoms with Gasteiger partial charge >= 0.3 is 5.97 Å². The summed E-state index contributed by atoms with van der Waals surface area (Å²) >= 11 is 2.16. The van der Waals surface area contributed by atoms with Crippen molar-refractivity contribution in [2.45, 2.75) is 0 Å². The van der Waals surface area contributed by atoms with E-state index in [-0.39, 0.29) is 5.69 Å². The molecule has 0 fully saturated rings. The van der Waals surface area contributed by atoms with Crippen LogP contribution in [0.15, 0.2) is 42.6 Å². The van der Waals surface area contributed by atoms with Gasteiger partial charge in [0.2, 0.25) is 0 Å². The summed E-state index contributed by atoms with van der Waals surface area (Å²) in [7, 11) is 0. The Bertz CT molecular complexity index is 540. The van der Waals surface area contributed by atoms with Crippen LogP contribution in [0.1, 0.15) is 10.5 Å². The number of carboxylic acids is 1. The van der Waals surface area contributed by atoms with Crippen molar-refractivity contribution < 1.29 is 14.6 Å². The first kappa shape index (κ1) is 11.8. The summed E-state index contributed by atoms with van der Waals surface area (Å²) in [6.07, 6.45) is 1.40. The van der Waals surface area contributed by atoms with E-state index in [0.29, 0.717) is 5.75 Å². The van der Waals surface area contributed by atoms with Gasteiger partial charge in [-0.15, -0.1) is 0 Å². The first-order chi connectivity index (χ1) is 8.16. The van der Waals surface area contributed by atoms with Crippen LogP contribution in [0.4, 0.5) is 0 Å². The fraction of sp³-hybridized carbons (Fsp3) is 0. The van der Waals surface area contributed by atoms with E-state index in [1.807, 2.05) is 24.3 Å². The van der Waals surface area contributed by atoms with E-state index in [0.717, 1.165) is 9.32 Å². The molecule has 17 heavy (non-hydrogen) atoms. The maximum atomic E-state index is 10.6. The Hall–Kier alpha value is -1.63. The Morgan fingerprint density at radius 3 is 2.59 bits per heavy atom. The van der Waals surface area contributed by atoms with Gasteiger partial charge in [0, 0.05) is 0 Å². The van der Waals surface area contributed by atoms with Crippen molar-refractivity contribution >= 4 is 28.6 Å². The maximum Gasteiger partial charge on any atom is 0.354 e. The average Bonchev–Trinajstić information content (AvgIpc) is 2.33. The van der Waals surface area contributed by atoms with E-state index < -0.39 is 5.97 Å². The van der Waals surface area contributed by atoms with Crippen LogP contribution in [0.25, 0.3) is 0 Å². The van der Waals surface area contributed by atoms with Crippen molar-refractivity contribution in [2.75, 3.05) is 0 Å². The minimum absolute atomic E-state index is 0.000101. The first-order valence-corrected chi connectivity index (χ1v) is 5.86. The molecule has 0 radical (unpaired) electrons. The van der Waals surface area contributed by atoms with Gasteiger partial charge in [-0.1, -0.05) is 12.1 Å². The van der Waals surface area contributed by atoms with Crippen LogP contribution in [0.5, 0.6) is 11.5 Å². The lowest BCUT2D eigenvalue weighted by molar-refractivity contribution is 0.0690. The first-order valence-electron chi connectivity index (χ1n) is 4.78. The van der Waals surface area contributed by atoms with Gasteiger partial charge in [-0.05, 0) is 46.9 Å². The molecular weight excluding hydrogens is 333 g/mol. The monoisotopic (exact) mass is 341 g/mol. The van der Waals surface area contributed by atoms with E-state index >= 15 is 0 Å². The highest BCUT2D eigenvalue weighted by molar-refractivity contribution is 14.1. The second-order valence-corrected chi connectivity index (χ2v) is 4.38. The zero-order valence-electron chi connectivity index (χ0n) is 8.63. The lowest BCUT2D eigenvalue weighted by Crippen LogP contribution is -1.99. The SMILES string of the molecule is O=C(O)c1ccc(Oc2ccccc2I)cn1. The number of halogens is 1. The Labute approximate surface area is 111 Å². The van der Waals surface area contributed by atoms with Gasteiger partial charge < -0.3 is 9.84 Å². The summed E-state index contributed by atoms with van der Waals surface area (Å²) in [5.41, 5.74) is 0.000101. The van der Waals surface area contributed by atoms with Crippen molar-refractivity contribution in [1.82, 2.24) is 4.98 Å². The van der Waals surface area contributed by atoms with Crippen LogP contribution in [0, 0.1) is 3.57 Å². The van der Waals surface area contributed by atoms with Crippen molar-refractivity contribution in [1.29, 1.82) is 0 Å². The number of benzene rings is 1. The van der Waals surface area contributed by atoms with Gasteiger partial charge in [0.05, 0.1) is 9.77 Å². The Kier molecular flexibility index (Phi) is 3.58. The lowest BCUT2D eigenvalue weighted by Gasteiger charge is -2.06. The van der Waals surface area contributed by atoms with Gasteiger partial charge in [-0.2, -0.15) is 0 Å². The molecule has 0 spiro atoms. The molecule has 0 amide bonds. The number of rotatable bonds is 3. The number of carbonyl (C=O) groups is 1. The molecule has 1 aromatic heterocycles. The topological polar surface area (TPSA) is 59.4 Å². The molecule has 0 unspecified atom stereocenters. The molecule has 2 aromatic rings. The van der Waals surface area contributed by atoms with Crippen molar-refractivity contribution in [3.63, 3.8) is 0 Å². The average molecular weight is 341 g/mol. The molecule has 2 rings (SSSR count). The van der Waals surface area contributed by atoms with Crippen LogP contribution in [-0.2, 0) is 0 Å². The molecule has 86 valence electrons. The van der Waals surface area contributed by atoms with E-state index in [4.69, 9.17) is 9.84 Å². The summed E-state index contributed by atoms with van der Waals surface area (Å²) in [6.45, 7) is 0. The molecule has 0 saturated carbocycles. The normalized spacial score (nSPS) is 9.94. The number of hydrogen-bond acceptors (Lipinski definition) is 3. The summed E-state index contributed by atoms with van der Waals surface area (Å²) in [6, 6.07) is 10.5. The molecule has 0 aliphatic carbocycles. The van der Waals surface area contributed by atoms with Crippen LogP contribution < -0.4 is 4.74 Å². The fourth-order valence-electron chi connectivity index (χ4n) is 1.22. The van der Waals surface area contributed by atoms with Gasteiger partial charge in [-0.3, -0.25) is 0 Å². The molecule has 0 aliphatic rings. The number of aromatic nitrogens is 1. The predicted molar refractivity (Wildman–Crippen MR) is 70.4 cm³/mol. The van der Waals surface area contributed by atoms with E-state index in [2.05, 4.69) is 27.6 Å². The molecule has 1 heterocycles. The molecule has 0 saturated heterocycles. The van der Waals surface area contributed by atoms with Gasteiger partial charge in [0.1, 0.15) is 17.2 Å². The molecule has 0 aliphatic heterocycles. The van der Waals surface area contributed by atoms with Gasteiger partial charge in [-0.25, -0.2) is 9.78 Å². The summed E-state index contributed by atoms with van der Waals surface area (Å²) in [5, 5.41) is 8.71. The van der Waals surface area contributed by atoms with E-state index in [1.165, 1.54) is 12.3 Å². The van der Waals surface area contributed by atoms with Crippen molar-refractivity contribution in [3.8, 4) is 11.5 Å². The zero-order chi connectivity index (χ0) is 12.3. The maximum absolute atomic E-state index is 10.6. The molecule has 4 nitrogen and oxygen atoms in total. The minimum Gasteiger partial charge on any atom is -0.477 e. The van der Waals surface area contributed by atoms with Crippen molar-refractivity contribution in [2.24, 2.45) is 0 Å².